The fraction of sp³-hybridized carbons (Fsp3) is 0.368. The topological polar surface area (TPSA) is 58.0 Å². The van der Waals surface area contributed by atoms with Gasteiger partial charge in [0.2, 0.25) is 0 Å². The number of alkyl halides is 3. The average molecular weight is 386 g/mol. The van der Waals surface area contributed by atoms with Gasteiger partial charge in [-0.2, -0.15) is 13.2 Å². The molecule has 2 unspecified atom stereocenters. The van der Waals surface area contributed by atoms with Crippen molar-refractivity contribution in [2.45, 2.75) is 31.2 Å². The molecule has 2 bridgehead atoms. The minimum absolute atomic E-state index is 0.333. The number of aromatic nitrogens is 4. The van der Waals surface area contributed by atoms with Gasteiger partial charge >= 0.3 is 6.18 Å². The van der Waals surface area contributed by atoms with Gasteiger partial charge in [-0.25, -0.2) is 15.0 Å². The van der Waals surface area contributed by atoms with Crippen LogP contribution in [-0.4, -0.2) is 50.0 Å². The Morgan fingerprint density at radius 3 is 2.54 bits per heavy atom. The first kappa shape index (κ1) is 17.3. The second-order valence-corrected chi connectivity index (χ2v) is 7.27. The normalized spacial score (nSPS) is 22.3. The summed E-state index contributed by atoms with van der Waals surface area (Å²) in [6.45, 7) is 2.27. The number of hydrogen-bond acceptors (Lipinski definition) is 6. The van der Waals surface area contributed by atoms with Crippen molar-refractivity contribution in [2.75, 3.05) is 18.0 Å². The SMILES string of the molecule is FC(F)(F)c1ccc(CN2CC3CC(C2)N3c2ncnc3ncccc23)cn1. The van der Waals surface area contributed by atoms with Crippen molar-refractivity contribution in [1.29, 1.82) is 0 Å². The monoisotopic (exact) mass is 386 g/mol. The van der Waals surface area contributed by atoms with Crippen molar-refractivity contribution >= 4 is 16.9 Å². The second kappa shape index (κ2) is 6.37. The molecule has 2 atom stereocenters. The van der Waals surface area contributed by atoms with Crippen molar-refractivity contribution in [1.82, 2.24) is 24.8 Å². The molecule has 0 radical (unpaired) electrons. The first-order valence-electron chi connectivity index (χ1n) is 9.07. The zero-order valence-corrected chi connectivity index (χ0v) is 14.8. The molecule has 0 spiro atoms. The molecule has 0 amide bonds. The van der Waals surface area contributed by atoms with Crippen LogP contribution in [0.3, 0.4) is 0 Å². The quantitative estimate of drug-likeness (QED) is 0.690. The van der Waals surface area contributed by atoms with Crippen molar-refractivity contribution in [2.24, 2.45) is 0 Å². The van der Waals surface area contributed by atoms with Crippen LogP contribution >= 0.6 is 0 Å². The molecule has 3 saturated heterocycles. The minimum Gasteiger partial charge on any atom is -0.347 e. The van der Waals surface area contributed by atoms with Gasteiger partial charge in [-0.15, -0.1) is 0 Å². The summed E-state index contributed by atoms with van der Waals surface area (Å²) in [4.78, 5) is 21.2. The Morgan fingerprint density at radius 1 is 1.00 bits per heavy atom. The third kappa shape index (κ3) is 2.95. The predicted octanol–water partition coefficient (Wildman–Crippen LogP) is 2.90. The van der Waals surface area contributed by atoms with Crippen molar-refractivity contribution in [3.05, 3.63) is 54.2 Å². The highest BCUT2D eigenvalue weighted by atomic mass is 19.4. The molecule has 3 aliphatic rings. The van der Waals surface area contributed by atoms with E-state index in [1.54, 1.807) is 12.5 Å². The van der Waals surface area contributed by atoms with E-state index in [1.807, 2.05) is 12.1 Å². The van der Waals surface area contributed by atoms with Crippen LogP contribution in [0.4, 0.5) is 19.0 Å². The molecule has 3 aliphatic heterocycles. The van der Waals surface area contributed by atoms with Gasteiger partial charge in [0.1, 0.15) is 17.8 Å². The van der Waals surface area contributed by atoms with Gasteiger partial charge in [0.25, 0.3) is 0 Å². The lowest BCUT2D eigenvalue weighted by molar-refractivity contribution is -0.141. The van der Waals surface area contributed by atoms with E-state index in [2.05, 4.69) is 29.7 Å². The van der Waals surface area contributed by atoms with E-state index in [0.29, 0.717) is 24.3 Å². The van der Waals surface area contributed by atoms with E-state index in [9.17, 15) is 13.2 Å². The number of nitrogens with zero attached hydrogens (tertiary/aromatic N) is 6. The third-order valence-electron chi connectivity index (χ3n) is 5.42. The van der Waals surface area contributed by atoms with Crippen LogP contribution < -0.4 is 4.90 Å². The number of pyridine rings is 2. The molecular formula is C19H17F3N6. The smallest absolute Gasteiger partial charge is 0.347 e. The molecule has 3 aromatic heterocycles. The van der Waals surface area contributed by atoms with Crippen LogP contribution in [0.1, 0.15) is 17.7 Å². The Morgan fingerprint density at radius 2 is 1.82 bits per heavy atom. The molecule has 144 valence electrons. The lowest BCUT2D eigenvalue weighted by Gasteiger charge is -2.57. The summed E-state index contributed by atoms with van der Waals surface area (Å²) >= 11 is 0. The van der Waals surface area contributed by atoms with Crippen molar-refractivity contribution in [3.63, 3.8) is 0 Å². The molecule has 6 heterocycles. The molecule has 3 aromatic rings. The summed E-state index contributed by atoms with van der Waals surface area (Å²) in [5.41, 5.74) is 0.621. The van der Waals surface area contributed by atoms with Crippen LogP contribution in [0.2, 0.25) is 0 Å². The largest absolute Gasteiger partial charge is 0.433 e. The zero-order chi connectivity index (χ0) is 19.3. The maximum absolute atomic E-state index is 12.7. The van der Waals surface area contributed by atoms with E-state index in [1.165, 1.54) is 12.3 Å². The molecule has 28 heavy (non-hydrogen) atoms. The minimum atomic E-state index is -4.40. The second-order valence-electron chi connectivity index (χ2n) is 7.27. The fourth-order valence-corrected chi connectivity index (χ4v) is 4.20. The molecule has 0 aromatic carbocycles. The predicted molar refractivity (Wildman–Crippen MR) is 96.5 cm³/mol. The lowest BCUT2D eigenvalue weighted by atomic mass is 9.87. The van der Waals surface area contributed by atoms with Gasteiger partial charge in [0.15, 0.2) is 5.65 Å². The molecule has 0 aliphatic carbocycles. The number of fused-ring (bicyclic) bond motifs is 3. The maximum atomic E-state index is 12.7. The van der Waals surface area contributed by atoms with E-state index in [0.717, 1.165) is 42.3 Å². The van der Waals surface area contributed by atoms with E-state index >= 15 is 0 Å². The highest BCUT2D eigenvalue weighted by Gasteiger charge is 2.45. The van der Waals surface area contributed by atoms with Crippen LogP contribution in [0, 0.1) is 0 Å². The number of halogens is 3. The highest BCUT2D eigenvalue weighted by molar-refractivity contribution is 5.87. The highest BCUT2D eigenvalue weighted by Crippen LogP contribution is 2.38. The molecule has 6 nitrogen and oxygen atoms in total. The van der Waals surface area contributed by atoms with Crippen molar-refractivity contribution in [3.8, 4) is 0 Å². The molecule has 0 N–H and O–H groups in total. The molecule has 9 heteroatoms. The standard InChI is InChI=1S/C19H17F3N6/c20-19(21,22)16-4-3-12(7-24-16)8-27-9-13-6-14(10-27)28(13)18-15-2-1-5-23-17(15)25-11-26-18/h1-5,7,11,13-14H,6,8-10H2. The van der Waals surface area contributed by atoms with Crippen LogP contribution in [0.5, 0.6) is 0 Å². The van der Waals surface area contributed by atoms with E-state index in [4.69, 9.17) is 0 Å². The molecule has 6 rings (SSSR count). The van der Waals surface area contributed by atoms with Gasteiger partial charge in [-0.05, 0) is 30.2 Å². The number of rotatable bonds is 3. The summed E-state index contributed by atoms with van der Waals surface area (Å²) < 4.78 is 38.0. The van der Waals surface area contributed by atoms with E-state index in [-0.39, 0.29) is 0 Å². The summed E-state index contributed by atoms with van der Waals surface area (Å²) in [6, 6.07) is 7.09. The summed E-state index contributed by atoms with van der Waals surface area (Å²) in [5.74, 6) is 0.912. The Labute approximate surface area is 159 Å². The number of piperidine rings is 1. The summed E-state index contributed by atoms with van der Waals surface area (Å²) in [7, 11) is 0. The first-order valence-corrected chi connectivity index (χ1v) is 9.07. The van der Waals surface area contributed by atoms with Gasteiger partial charge in [-0.1, -0.05) is 6.07 Å². The fourth-order valence-electron chi connectivity index (χ4n) is 4.20. The van der Waals surface area contributed by atoms with E-state index < -0.39 is 11.9 Å². The molecule has 0 saturated carbocycles. The van der Waals surface area contributed by atoms with Crippen LogP contribution in [0.25, 0.3) is 11.0 Å². The number of hydrogen-bond donors (Lipinski definition) is 0. The maximum Gasteiger partial charge on any atom is 0.433 e. The van der Waals surface area contributed by atoms with Crippen molar-refractivity contribution < 1.29 is 13.2 Å². The molecule has 3 fully saturated rings. The third-order valence-corrected chi connectivity index (χ3v) is 5.42. The number of piperazine rings is 1. The molecular weight excluding hydrogens is 369 g/mol. The lowest BCUT2D eigenvalue weighted by Crippen LogP contribution is -2.69. The van der Waals surface area contributed by atoms with Gasteiger partial charge in [0, 0.05) is 44.1 Å². The van der Waals surface area contributed by atoms with Crippen LogP contribution in [0.15, 0.2) is 43.0 Å². The van der Waals surface area contributed by atoms with Gasteiger partial charge in [0.05, 0.1) is 5.39 Å². The summed E-state index contributed by atoms with van der Waals surface area (Å²) in [6.07, 6.45) is 1.28. The summed E-state index contributed by atoms with van der Waals surface area (Å²) in [5, 5.41) is 0.945. The van der Waals surface area contributed by atoms with Gasteiger partial charge in [-0.3, -0.25) is 9.88 Å². The first-order chi connectivity index (χ1) is 13.5. The Balaban J connectivity index is 1.30. The Hall–Kier alpha value is -2.81. The number of anilines is 1. The zero-order valence-electron chi connectivity index (χ0n) is 14.8. The average Bonchev–Trinajstić information content (AvgIpc) is 2.68. The van der Waals surface area contributed by atoms with Gasteiger partial charge < -0.3 is 4.90 Å². The van der Waals surface area contributed by atoms with Crippen LogP contribution in [-0.2, 0) is 12.7 Å². The Bertz CT molecular complexity index is 989. The Kier molecular flexibility index (Phi) is 3.94.